The van der Waals surface area contributed by atoms with E-state index in [-0.39, 0.29) is 18.4 Å². The number of urea groups is 1. The van der Waals surface area contributed by atoms with Gasteiger partial charge in [0.2, 0.25) is 0 Å². The monoisotopic (exact) mass is 406 g/mol. The van der Waals surface area contributed by atoms with Crippen LogP contribution in [0.25, 0.3) is 0 Å². The summed E-state index contributed by atoms with van der Waals surface area (Å²) in [4.78, 5) is 40.0. The number of carbonyl (C=O) groups is 3. The summed E-state index contributed by atoms with van der Waals surface area (Å²) in [5.41, 5.74) is 2.09. The number of para-hydroxylation sites is 1. The van der Waals surface area contributed by atoms with Crippen molar-refractivity contribution in [1.29, 1.82) is 0 Å². The topological polar surface area (TPSA) is 78.7 Å². The van der Waals surface area contributed by atoms with Crippen LogP contribution in [-0.4, -0.2) is 52.2 Å². The second-order valence-electron chi connectivity index (χ2n) is 7.35. The molecule has 0 spiro atoms. The lowest BCUT2D eigenvalue weighted by Gasteiger charge is -2.24. The van der Waals surface area contributed by atoms with Crippen molar-refractivity contribution in [2.75, 3.05) is 13.1 Å². The maximum absolute atomic E-state index is 13.2. The first-order valence-electron chi connectivity index (χ1n) is 10.2. The van der Waals surface area contributed by atoms with Crippen molar-refractivity contribution in [2.45, 2.75) is 32.4 Å². The van der Waals surface area contributed by atoms with Gasteiger partial charge in [-0.3, -0.25) is 4.79 Å². The minimum Gasteiger partial charge on any atom is -0.469 e. The predicted octanol–water partition coefficient (Wildman–Crippen LogP) is 2.33. The normalized spacial score (nSPS) is 17.5. The van der Waals surface area contributed by atoms with Crippen LogP contribution in [0, 0.1) is 0 Å². The fraction of sp³-hybridized carbons (Fsp3) is 0.304. The van der Waals surface area contributed by atoms with Crippen LogP contribution < -0.4 is 10.1 Å². The summed E-state index contributed by atoms with van der Waals surface area (Å²) in [7, 11) is 0. The van der Waals surface area contributed by atoms with E-state index in [0.717, 1.165) is 12.0 Å². The van der Waals surface area contributed by atoms with E-state index < -0.39 is 12.1 Å². The Balaban J connectivity index is 1.63. The van der Waals surface area contributed by atoms with Crippen LogP contribution in [0.5, 0.6) is 5.75 Å². The van der Waals surface area contributed by atoms with Gasteiger partial charge in [-0.25, -0.2) is 4.79 Å². The van der Waals surface area contributed by atoms with Gasteiger partial charge in [0, 0.05) is 6.54 Å². The molecule has 2 aliphatic heterocycles. The van der Waals surface area contributed by atoms with Crippen LogP contribution in [0.1, 0.15) is 30.9 Å². The molecule has 2 aliphatic rings. The van der Waals surface area contributed by atoms with E-state index in [1.54, 1.807) is 6.07 Å². The largest absolute Gasteiger partial charge is 0.501 e. The minimum absolute atomic E-state index is 0.175. The van der Waals surface area contributed by atoms with E-state index in [9.17, 15) is 14.4 Å². The van der Waals surface area contributed by atoms with Gasteiger partial charge in [-0.15, -0.1) is 0 Å². The number of fused-ring (bicyclic) bond motifs is 3. The smallest absolute Gasteiger partial charge is 0.469 e. The zero-order chi connectivity index (χ0) is 21.1. The molecule has 1 N–H and O–H groups in total. The van der Waals surface area contributed by atoms with Crippen molar-refractivity contribution in [2.24, 2.45) is 0 Å². The van der Waals surface area contributed by atoms with Crippen LogP contribution in [0.4, 0.5) is 4.79 Å². The van der Waals surface area contributed by atoms with E-state index in [2.05, 4.69) is 5.32 Å². The average molecular weight is 406 g/mol. The van der Waals surface area contributed by atoms with Gasteiger partial charge >= 0.3 is 11.9 Å². The average Bonchev–Trinajstić information content (AvgIpc) is 3.16. The second kappa shape index (κ2) is 8.49. The Labute approximate surface area is 175 Å². The predicted molar refractivity (Wildman–Crippen MR) is 110 cm³/mol. The van der Waals surface area contributed by atoms with Crippen LogP contribution in [0.2, 0.25) is 0 Å². The fourth-order valence-electron chi connectivity index (χ4n) is 3.71. The van der Waals surface area contributed by atoms with Crippen molar-refractivity contribution < 1.29 is 23.7 Å². The van der Waals surface area contributed by atoms with Crippen LogP contribution >= 0.6 is 0 Å². The maximum Gasteiger partial charge on any atom is 0.501 e. The molecule has 7 nitrogen and oxygen atoms in total. The van der Waals surface area contributed by atoms with Crippen molar-refractivity contribution >= 4 is 23.6 Å². The lowest BCUT2D eigenvalue weighted by Crippen LogP contribution is -2.59. The zero-order valence-electron chi connectivity index (χ0n) is 16.8. The molecule has 7 heteroatoms. The molecular weight excluding hydrogens is 382 g/mol. The van der Waals surface area contributed by atoms with E-state index in [1.165, 1.54) is 9.48 Å². The molecule has 0 saturated carbocycles. The summed E-state index contributed by atoms with van der Waals surface area (Å²) < 4.78 is 7.25. The van der Waals surface area contributed by atoms with Crippen molar-refractivity contribution in [1.82, 2.24) is 10.2 Å². The Morgan fingerprint density at radius 1 is 1.10 bits per heavy atom. The third kappa shape index (κ3) is 3.70. The van der Waals surface area contributed by atoms with Gasteiger partial charge in [0.25, 0.3) is 12.0 Å². The fourth-order valence-corrected chi connectivity index (χ4v) is 3.71. The molecule has 2 aromatic rings. The molecule has 0 saturated heterocycles. The van der Waals surface area contributed by atoms with Crippen molar-refractivity contribution in [3.05, 3.63) is 65.7 Å². The molecule has 2 heterocycles. The summed E-state index contributed by atoms with van der Waals surface area (Å²) in [5, 5.41) is 2.85. The number of unbranched alkanes of at least 4 members (excludes halogenated alkanes) is 1. The van der Waals surface area contributed by atoms with Crippen molar-refractivity contribution in [3.8, 4) is 5.75 Å². The Bertz CT molecular complexity index is 1020. The number of ether oxygens (including phenoxy) is 1. The molecular formula is C23H24N3O4+. The number of amides is 4. The minimum atomic E-state index is -0.904. The molecule has 0 aromatic heterocycles. The molecule has 0 fully saturated rings. The van der Waals surface area contributed by atoms with E-state index >= 15 is 0 Å². The van der Waals surface area contributed by atoms with Gasteiger partial charge in [0.15, 0.2) is 12.3 Å². The molecule has 4 rings (SSSR count). The summed E-state index contributed by atoms with van der Waals surface area (Å²) in [6.07, 6.45) is 0.635. The molecule has 0 bridgehead atoms. The van der Waals surface area contributed by atoms with Crippen LogP contribution in [0.15, 0.2) is 54.6 Å². The quantitative estimate of drug-likeness (QED) is 0.716. The molecule has 0 aliphatic carbocycles. The highest BCUT2D eigenvalue weighted by atomic mass is 16.5. The SMILES string of the molecule is CCCCN1C(=O)C2Oc3ccccc3C2=[N+](CC(=O)NCc2ccccc2)C1=O. The molecule has 30 heavy (non-hydrogen) atoms. The van der Waals surface area contributed by atoms with E-state index in [0.29, 0.717) is 36.5 Å². The zero-order valence-corrected chi connectivity index (χ0v) is 16.8. The molecule has 1 atom stereocenters. The number of imide groups is 1. The highest BCUT2D eigenvalue weighted by molar-refractivity contribution is 6.22. The molecule has 4 amide bonds. The second-order valence-corrected chi connectivity index (χ2v) is 7.35. The molecule has 154 valence electrons. The summed E-state index contributed by atoms with van der Waals surface area (Å²) >= 11 is 0. The van der Waals surface area contributed by atoms with Gasteiger partial charge in [0.05, 0.1) is 12.1 Å². The summed E-state index contributed by atoms with van der Waals surface area (Å²) in [6.45, 7) is 2.49. The maximum atomic E-state index is 13.2. The number of carbonyl (C=O) groups excluding carboxylic acids is 3. The van der Waals surface area contributed by atoms with Gasteiger partial charge in [-0.1, -0.05) is 55.8 Å². The summed E-state index contributed by atoms with van der Waals surface area (Å²) in [6, 6.07) is 16.3. The van der Waals surface area contributed by atoms with Crippen LogP contribution in [0.3, 0.4) is 0 Å². The Hall–Kier alpha value is -3.48. The number of nitrogens with one attached hydrogen (secondary N) is 1. The van der Waals surface area contributed by atoms with Gasteiger partial charge in [-0.2, -0.15) is 14.3 Å². The first kappa shape index (κ1) is 19.8. The number of hydrogen-bond acceptors (Lipinski definition) is 4. The lowest BCUT2D eigenvalue weighted by molar-refractivity contribution is -0.429. The summed E-state index contributed by atoms with van der Waals surface area (Å²) in [5.74, 6) is -0.126. The highest BCUT2D eigenvalue weighted by Crippen LogP contribution is 2.32. The molecule has 2 aromatic carbocycles. The standard InChI is InChI=1S/C23H23N3O4/c1-2-3-13-25-22(28)21-20(17-11-7-8-12-18(17)30-21)26(23(25)29)15-19(27)24-14-16-9-5-4-6-10-16/h4-12,21H,2-3,13-15H2,1H3/p+1. The molecule has 1 unspecified atom stereocenters. The van der Waals surface area contributed by atoms with E-state index in [1.807, 2.05) is 55.5 Å². The molecule has 0 radical (unpaired) electrons. The van der Waals surface area contributed by atoms with Gasteiger partial charge < -0.3 is 10.1 Å². The lowest BCUT2D eigenvalue weighted by atomic mass is 10.0. The van der Waals surface area contributed by atoms with Gasteiger partial charge in [0.1, 0.15) is 5.75 Å². The third-order valence-electron chi connectivity index (χ3n) is 5.27. The number of nitrogens with zero attached hydrogens (tertiary/aromatic N) is 2. The Morgan fingerprint density at radius 3 is 2.60 bits per heavy atom. The van der Waals surface area contributed by atoms with E-state index in [4.69, 9.17) is 4.74 Å². The Kier molecular flexibility index (Phi) is 5.61. The third-order valence-corrected chi connectivity index (χ3v) is 5.27. The first-order chi connectivity index (χ1) is 14.6. The number of rotatable bonds is 7. The highest BCUT2D eigenvalue weighted by Gasteiger charge is 2.53. The van der Waals surface area contributed by atoms with Gasteiger partial charge in [-0.05, 0) is 24.1 Å². The van der Waals surface area contributed by atoms with Crippen LogP contribution in [-0.2, 0) is 16.1 Å². The number of hydrogen-bond donors (Lipinski definition) is 1. The Morgan fingerprint density at radius 2 is 1.83 bits per heavy atom. The van der Waals surface area contributed by atoms with Crippen molar-refractivity contribution in [3.63, 3.8) is 0 Å². The first-order valence-corrected chi connectivity index (χ1v) is 10.2. The number of benzene rings is 2.